The largest absolute Gasteiger partial charge is 0.369 e. The maximum Gasteiger partial charge on any atom is 0.0983 e. The van der Waals surface area contributed by atoms with Crippen molar-refractivity contribution in [2.75, 3.05) is 11.6 Å². The van der Waals surface area contributed by atoms with Gasteiger partial charge in [0.15, 0.2) is 0 Å². The van der Waals surface area contributed by atoms with E-state index in [0.29, 0.717) is 5.37 Å². The molecule has 0 spiro atoms. The highest BCUT2D eigenvalue weighted by atomic mass is 79.9. The summed E-state index contributed by atoms with van der Waals surface area (Å²) in [5.74, 6) is 0. The Morgan fingerprint density at radius 2 is 2.13 bits per heavy atom. The Hall–Kier alpha value is -0.670. The van der Waals surface area contributed by atoms with Crippen molar-refractivity contribution in [1.29, 1.82) is 0 Å². The zero-order valence-electron chi connectivity index (χ0n) is 8.25. The van der Waals surface area contributed by atoms with Crippen LogP contribution in [0.2, 0.25) is 0 Å². The maximum atomic E-state index is 3.60. The molecule has 0 bridgehead atoms. The second kappa shape index (κ2) is 3.42. The highest BCUT2D eigenvalue weighted by molar-refractivity contribution is 9.10. The van der Waals surface area contributed by atoms with Crippen LogP contribution in [0, 0.1) is 0 Å². The zero-order chi connectivity index (χ0) is 10.4. The van der Waals surface area contributed by atoms with Crippen LogP contribution in [-0.2, 0) is 0 Å². The van der Waals surface area contributed by atoms with Crippen molar-refractivity contribution in [3.63, 3.8) is 0 Å². The Kier molecular flexibility index (Phi) is 2.18. The number of nitrogens with one attached hydrogen (secondary N) is 1. The summed E-state index contributed by atoms with van der Waals surface area (Å²) in [5, 5.41) is 6.59. The molecule has 0 saturated heterocycles. The van der Waals surface area contributed by atoms with Gasteiger partial charge >= 0.3 is 0 Å². The Morgan fingerprint density at radius 3 is 2.93 bits per heavy atom. The summed E-state index contributed by atoms with van der Waals surface area (Å²) in [7, 11) is 0. The lowest BCUT2D eigenvalue weighted by atomic mass is 10.1. The Morgan fingerprint density at radius 1 is 1.27 bits per heavy atom. The molecule has 0 radical (unpaired) electrons. The van der Waals surface area contributed by atoms with E-state index in [1.807, 2.05) is 11.8 Å². The minimum absolute atomic E-state index is 0.401. The number of halogens is 1. The predicted octanol–water partition coefficient (Wildman–Crippen LogP) is 4.39. The van der Waals surface area contributed by atoms with Crippen molar-refractivity contribution >= 4 is 44.2 Å². The fourth-order valence-electron chi connectivity index (χ4n) is 2.14. The molecule has 1 nitrogen and oxygen atoms in total. The Balaban J connectivity index is 2.40. The quantitative estimate of drug-likeness (QED) is 0.831. The van der Waals surface area contributed by atoms with E-state index >= 15 is 0 Å². The first-order valence-corrected chi connectivity index (χ1v) is 6.90. The van der Waals surface area contributed by atoms with E-state index in [4.69, 9.17) is 0 Å². The molecule has 2 aromatic carbocycles. The molecule has 1 aliphatic heterocycles. The third-order valence-corrected chi connectivity index (χ3v) is 4.36. The van der Waals surface area contributed by atoms with E-state index in [1.165, 1.54) is 26.5 Å². The van der Waals surface area contributed by atoms with E-state index in [9.17, 15) is 0 Å². The summed E-state index contributed by atoms with van der Waals surface area (Å²) in [6.45, 7) is 0. The number of anilines is 1. The normalized spacial score (nSPS) is 18.1. The van der Waals surface area contributed by atoms with Gasteiger partial charge in [-0.15, -0.1) is 11.8 Å². The molecule has 1 unspecified atom stereocenters. The lowest BCUT2D eigenvalue weighted by Gasteiger charge is -2.08. The fourth-order valence-corrected chi connectivity index (χ4v) is 3.30. The molecule has 0 aromatic heterocycles. The van der Waals surface area contributed by atoms with Gasteiger partial charge < -0.3 is 5.32 Å². The number of hydrogen-bond acceptors (Lipinski definition) is 2. The van der Waals surface area contributed by atoms with Gasteiger partial charge in [-0.1, -0.05) is 34.1 Å². The maximum absolute atomic E-state index is 3.60. The zero-order valence-corrected chi connectivity index (χ0v) is 10.7. The van der Waals surface area contributed by atoms with Crippen molar-refractivity contribution in [2.45, 2.75) is 5.37 Å². The molecule has 3 rings (SSSR count). The molecule has 1 heterocycles. The van der Waals surface area contributed by atoms with Gasteiger partial charge in [0.25, 0.3) is 0 Å². The lowest BCUT2D eigenvalue weighted by molar-refractivity contribution is 1.18. The van der Waals surface area contributed by atoms with Crippen molar-refractivity contribution in [3.05, 3.63) is 40.4 Å². The number of rotatable bonds is 1. The van der Waals surface area contributed by atoms with Gasteiger partial charge in [0.05, 0.1) is 5.37 Å². The average molecular weight is 280 g/mol. The molecule has 0 amide bonds. The number of thioether (sulfide) groups is 1. The van der Waals surface area contributed by atoms with Crippen LogP contribution in [0.1, 0.15) is 10.9 Å². The minimum atomic E-state index is 0.401. The van der Waals surface area contributed by atoms with Gasteiger partial charge in [0.2, 0.25) is 0 Å². The highest BCUT2D eigenvalue weighted by Crippen LogP contribution is 2.45. The molecule has 15 heavy (non-hydrogen) atoms. The molecular weight excluding hydrogens is 270 g/mol. The van der Waals surface area contributed by atoms with Crippen molar-refractivity contribution in [2.24, 2.45) is 0 Å². The monoisotopic (exact) mass is 279 g/mol. The molecular formula is C12H10BrNS. The Labute approximate surface area is 101 Å². The summed E-state index contributed by atoms with van der Waals surface area (Å²) >= 11 is 5.44. The standard InChI is InChI=1S/C12H10BrNS/c1-15-12-8-4-2-3-7-9(13)5-6-10(14-12)11(7)8/h2-6,12,14H,1H3. The van der Waals surface area contributed by atoms with E-state index < -0.39 is 0 Å². The van der Waals surface area contributed by atoms with Crippen LogP contribution in [0.5, 0.6) is 0 Å². The molecule has 3 heteroatoms. The van der Waals surface area contributed by atoms with Gasteiger partial charge in [-0.3, -0.25) is 0 Å². The molecule has 0 saturated carbocycles. The van der Waals surface area contributed by atoms with Gasteiger partial charge in [0.1, 0.15) is 0 Å². The van der Waals surface area contributed by atoms with Crippen LogP contribution in [0.25, 0.3) is 10.8 Å². The fraction of sp³-hybridized carbons (Fsp3) is 0.167. The average Bonchev–Trinajstić information content (AvgIpc) is 2.64. The van der Waals surface area contributed by atoms with Gasteiger partial charge in [-0.25, -0.2) is 0 Å². The van der Waals surface area contributed by atoms with Crippen molar-refractivity contribution in [3.8, 4) is 0 Å². The summed E-state index contributed by atoms with van der Waals surface area (Å²) in [4.78, 5) is 0. The van der Waals surface area contributed by atoms with E-state index in [1.54, 1.807) is 0 Å². The summed E-state index contributed by atoms with van der Waals surface area (Å²) in [5.41, 5.74) is 2.65. The van der Waals surface area contributed by atoms with E-state index in [-0.39, 0.29) is 0 Å². The van der Waals surface area contributed by atoms with Gasteiger partial charge in [0, 0.05) is 15.5 Å². The first-order valence-electron chi connectivity index (χ1n) is 4.81. The molecule has 1 aliphatic rings. The topological polar surface area (TPSA) is 12.0 Å². The first-order chi connectivity index (χ1) is 7.31. The van der Waals surface area contributed by atoms with E-state index in [0.717, 1.165) is 0 Å². The SMILES string of the molecule is CSC1Nc2ccc(Br)c3cccc1c23. The van der Waals surface area contributed by atoms with Crippen LogP contribution in [0.15, 0.2) is 34.8 Å². The summed E-state index contributed by atoms with van der Waals surface area (Å²) in [6.07, 6.45) is 2.14. The highest BCUT2D eigenvalue weighted by Gasteiger charge is 2.22. The predicted molar refractivity (Wildman–Crippen MR) is 71.5 cm³/mol. The van der Waals surface area contributed by atoms with Crippen LogP contribution in [-0.4, -0.2) is 6.26 Å². The molecule has 1 atom stereocenters. The molecule has 1 N–H and O–H groups in total. The van der Waals surface area contributed by atoms with Crippen LogP contribution in [0.4, 0.5) is 5.69 Å². The first kappa shape index (κ1) is 9.55. The third-order valence-electron chi connectivity index (χ3n) is 2.82. The van der Waals surface area contributed by atoms with Gasteiger partial charge in [-0.2, -0.15) is 0 Å². The summed E-state index contributed by atoms with van der Waals surface area (Å²) in [6, 6.07) is 10.8. The molecule has 0 aliphatic carbocycles. The molecule has 0 fully saturated rings. The minimum Gasteiger partial charge on any atom is -0.369 e. The van der Waals surface area contributed by atoms with Crippen molar-refractivity contribution in [1.82, 2.24) is 0 Å². The van der Waals surface area contributed by atoms with Crippen LogP contribution < -0.4 is 5.32 Å². The van der Waals surface area contributed by atoms with Crippen LogP contribution in [0.3, 0.4) is 0 Å². The number of benzene rings is 2. The van der Waals surface area contributed by atoms with E-state index in [2.05, 4.69) is 57.8 Å². The molecule has 2 aromatic rings. The second-order valence-corrected chi connectivity index (χ2v) is 5.42. The second-order valence-electron chi connectivity index (χ2n) is 3.62. The third kappa shape index (κ3) is 1.30. The molecule has 76 valence electrons. The lowest BCUT2D eigenvalue weighted by Crippen LogP contribution is -1.98. The smallest absolute Gasteiger partial charge is 0.0983 e. The van der Waals surface area contributed by atoms with Gasteiger partial charge in [-0.05, 0) is 29.3 Å². The van der Waals surface area contributed by atoms with Crippen LogP contribution >= 0.6 is 27.7 Å². The summed E-state index contributed by atoms with van der Waals surface area (Å²) < 4.78 is 1.17. The van der Waals surface area contributed by atoms with Crippen molar-refractivity contribution < 1.29 is 0 Å². The Bertz CT molecular complexity index is 538. The number of hydrogen-bond donors (Lipinski definition) is 1.